The van der Waals surface area contributed by atoms with Crippen molar-refractivity contribution in [1.29, 1.82) is 0 Å². The number of carbonyl (C=O) groups is 2. The van der Waals surface area contributed by atoms with Gasteiger partial charge in [0.2, 0.25) is 0 Å². The van der Waals surface area contributed by atoms with Gasteiger partial charge in [0.1, 0.15) is 11.5 Å². The monoisotopic (exact) mass is 466 g/mol. The van der Waals surface area contributed by atoms with Gasteiger partial charge in [-0.1, -0.05) is 84.9 Å². The van der Waals surface area contributed by atoms with Gasteiger partial charge in [0.05, 0.1) is 0 Å². The van der Waals surface area contributed by atoms with Crippen LogP contribution in [0.1, 0.15) is 22.3 Å². The Morgan fingerprint density at radius 2 is 0.857 bits per heavy atom. The largest absolute Gasteiger partial charge is 0.412 e. The molecule has 0 aliphatic rings. The van der Waals surface area contributed by atoms with Crippen molar-refractivity contribution in [3.8, 4) is 11.5 Å². The molecule has 2 amide bonds. The summed E-state index contributed by atoms with van der Waals surface area (Å²) in [7, 11) is 0. The lowest BCUT2D eigenvalue weighted by atomic mass is 10.0. The van der Waals surface area contributed by atoms with Crippen LogP contribution >= 0.6 is 0 Å². The number of rotatable bonds is 8. The van der Waals surface area contributed by atoms with E-state index < -0.39 is 12.2 Å². The van der Waals surface area contributed by atoms with Crippen LogP contribution in [0.5, 0.6) is 11.5 Å². The highest BCUT2D eigenvalue weighted by Gasteiger charge is 2.07. The van der Waals surface area contributed by atoms with E-state index in [1.54, 1.807) is 24.3 Å². The lowest BCUT2D eigenvalue weighted by Crippen LogP contribution is -2.26. The molecule has 0 unspecified atom stereocenters. The molecule has 0 aliphatic heterocycles. The molecule has 0 aromatic heterocycles. The molecule has 0 saturated carbocycles. The zero-order valence-corrected chi connectivity index (χ0v) is 19.1. The van der Waals surface area contributed by atoms with E-state index in [1.165, 1.54) is 0 Å². The SMILES string of the molecule is O=C(NCc1ccccc1)Oc1ccc(Cc2ccc(OC(=O)NCc3ccccc3)cc2)cc1. The van der Waals surface area contributed by atoms with Crippen molar-refractivity contribution in [2.45, 2.75) is 19.5 Å². The third-order valence-corrected chi connectivity index (χ3v) is 5.24. The van der Waals surface area contributed by atoms with E-state index in [1.807, 2.05) is 84.9 Å². The lowest BCUT2D eigenvalue weighted by molar-refractivity contribution is 0.199. The van der Waals surface area contributed by atoms with Gasteiger partial charge in [-0.15, -0.1) is 0 Å². The summed E-state index contributed by atoms with van der Waals surface area (Å²) < 4.78 is 10.7. The number of carbonyl (C=O) groups excluding carboxylic acids is 2. The quantitative estimate of drug-likeness (QED) is 0.341. The highest BCUT2D eigenvalue weighted by Crippen LogP contribution is 2.18. The second kappa shape index (κ2) is 12.0. The van der Waals surface area contributed by atoms with Gasteiger partial charge in [0.15, 0.2) is 0 Å². The topological polar surface area (TPSA) is 76.7 Å². The van der Waals surface area contributed by atoms with Gasteiger partial charge in [0, 0.05) is 13.1 Å². The molecule has 176 valence electrons. The summed E-state index contributed by atoms with van der Waals surface area (Å²) in [6, 6.07) is 34.1. The van der Waals surface area contributed by atoms with Crippen LogP contribution in [0.25, 0.3) is 0 Å². The number of ether oxygens (including phenoxy) is 2. The average molecular weight is 467 g/mol. The Morgan fingerprint density at radius 3 is 1.23 bits per heavy atom. The maximum absolute atomic E-state index is 12.0. The molecule has 4 aromatic rings. The number of nitrogens with one attached hydrogen (secondary N) is 2. The maximum Gasteiger partial charge on any atom is 0.412 e. The van der Waals surface area contributed by atoms with Gasteiger partial charge >= 0.3 is 12.2 Å². The predicted molar refractivity (Wildman–Crippen MR) is 134 cm³/mol. The Balaban J connectivity index is 1.21. The van der Waals surface area contributed by atoms with E-state index in [0.717, 1.165) is 22.3 Å². The van der Waals surface area contributed by atoms with Crippen molar-refractivity contribution in [2.24, 2.45) is 0 Å². The molecule has 0 aliphatic carbocycles. The summed E-state index contributed by atoms with van der Waals surface area (Å²) in [5.41, 5.74) is 4.14. The fourth-order valence-corrected chi connectivity index (χ4v) is 3.41. The normalized spacial score (nSPS) is 10.3. The van der Waals surface area contributed by atoms with Crippen LogP contribution in [0, 0.1) is 0 Å². The molecule has 0 saturated heterocycles. The van der Waals surface area contributed by atoms with Crippen LogP contribution < -0.4 is 20.1 Å². The Hall–Kier alpha value is -4.58. The molecule has 0 spiro atoms. The Morgan fingerprint density at radius 1 is 0.486 bits per heavy atom. The van der Waals surface area contributed by atoms with E-state index in [9.17, 15) is 9.59 Å². The molecule has 35 heavy (non-hydrogen) atoms. The number of benzene rings is 4. The second-order valence-electron chi connectivity index (χ2n) is 7.92. The first kappa shape index (κ1) is 23.6. The van der Waals surface area contributed by atoms with Crippen molar-refractivity contribution in [3.05, 3.63) is 131 Å². The summed E-state index contributed by atoms with van der Waals surface area (Å²) in [6.45, 7) is 0.818. The van der Waals surface area contributed by atoms with Crippen molar-refractivity contribution < 1.29 is 19.1 Å². The number of amides is 2. The summed E-state index contributed by atoms with van der Waals surface area (Å²) in [5, 5.41) is 5.47. The minimum Gasteiger partial charge on any atom is -0.410 e. The molecule has 2 N–H and O–H groups in total. The minimum atomic E-state index is -0.495. The Bertz CT molecular complexity index is 1130. The van der Waals surface area contributed by atoms with Gasteiger partial charge in [-0.05, 0) is 52.9 Å². The number of hydrogen-bond donors (Lipinski definition) is 2. The van der Waals surface area contributed by atoms with Crippen LogP contribution in [0.3, 0.4) is 0 Å². The fraction of sp³-hybridized carbons (Fsp3) is 0.103. The van der Waals surface area contributed by atoms with Crippen molar-refractivity contribution in [3.63, 3.8) is 0 Å². The molecule has 0 heterocycles. The average Bonchev–Trinajstić information content (AvgIpc) is 2.90. The molecule has 6 heteroatoms. The molecular weight excluding hydrogens is 440 g/mol. The van der Waals surface area contributed by atoms with E-state index in [4.69, 9.17) is 9.47 Å². The van der Waals surface area contributed by atoms with Crippen LogP contribution in [0.2, 0.25) is 0 Å². The summed E-state index contributed by atoms with van der Waals surface area (Å²) in [6.07, 6.45) is -0.295. The zero-order chi connectivity index (χ0) is 24.3. The minimum absolute atomic E-state index is 0.409. The van der Waals surface area contributed by atoms with Crippen LogP contribution in [0.4, 0.5) is 9.59 Å². The number of hydrogen-bond acceptors (Lipinski definition) is 4. The van der Waals surface area contributed by atoms with Gasteiger partial charge in [0.25, 0.3) is 0 Å². The van der Waals surface area contributed by atoms with Gasteiger partial charge in [-0.3, -0.25) is 0 Å². The first-order chi connectivity index (χ1) is 17.1. The highest BCUT2D eigenvalue weighted by molar-refractivity contribution is 5.70. The van der Waals surface area contributed by atoms with Crippen LogP contribution in [-0.4, -0.2) is 12.2 Å². The third-order valence-electron chi connectivity index (χ3n) is 5.24. The molecule has 4 aromatic carbocycles. The van der Waals surface area contributed by atoms with E-state index >= 15 is 0 Å². The first-order valence-corrected chi connectivity index (χ1v) is 11.3. The van der Waals surface area contributed by atoms with E-state index in [2.05, 4.69) is 10.6 Å². The van der Waals surface area contributed by atoms with Crippen molar-refractivity contribution in [2.75, 3.05) is 0 Å². The van der Waals surface area contributed by atoms with Crippen molar-refractivity contribution in [1.82, 2.24) is 10.6 Å². The van der Waals surface area contributed by atoms with Gasteiger partial charge < -0.3 is 20.1 Å². The Labute approximate surface area is 204 Å². The first-order valence-electron chi connectivity index (χ1n) is 11.3. The lowest BCUT2D eigenvalue weighted by Gasteiger charge is -2.09. The van der Waals surface area contributed by atoms with Crippen LogP contribution in [0.15, 0.2) is 109 Å². The molecule has 6 nitrogen and oxygen atoms in total. The fourth-order valence-electron chi connectivity index (χ4n) is 3.41. The maximum atomic E-state index is 12.0. The molecule has 0 radical (unpaired) electrons. The van der Waals surface area contributed by atoms with E-state index in [-0.39, 0.29) is 0 Å². The standard InChI is InChI=1S/C29H26N2O4/c32-28(30-20-24-7-3-1-4-8-24)34-26-15-11-22(12-16-26)19-23-13-17-27(18-14-23)35-29(33)31-21-25-9-5-2-6-10-25/h1-18H,19-21H2,(H,30,32)(H,31,33). The molecule has 0 bridgehead atoms. The predicted octanol–water partition coefficient (Wildman–Crippen LogP) is 5.85. The molecule has 4 rings (SSSR count). The smallest absolute Gasteiger partial charge is 0.410 e. The van der Waals surface area contributed by atoms with Crippen molar-refractivity contribution >= 4 is 12.2 Å². The Kier molecular flexibility index (Phi) is 8.11. The second-order valence-corrected chi connectivity index (χ2v) is 7.92. The zero-order valence-electron chi connectivity index (χ0n) is 19.1. The summed E-state index contributed by atoms with van der Waals surface area (Å²) in [4.78, 5) is 24.0. The molecular formula is C29H26N2O4. The summed E-state index contributed by atoms with van der Waals surface area (Å²) >= 11 is 0. The van der Waals surface area contributed by atoms with E-state index in [0.29, 0.717) is 31.0 Å². The van der Waals surface area contributed by atoms with Crippen LogP contribution in [-0.2, 0) is 19.5 Å². The summed E-state index contributed by atoms with van der Waals surface area (Å²) in [5.74, 6) is 0.953. The molecule has 0 fully saturated rings. The van der Waals surface area contributed by atoms with Gasteiger partial charge in [-0.2, -0.15) is 0 Å². The molecule has 0 atom stereocenters. The van der Waals surface area contributed by atoms with Gasteiger partial charge in [-0.25, -0.2) is 9.59 Å². The highest BCUT2D eigenvalue weighted by atomic mass is 16.6. The third kappa shape index (κ3) is 7.75.